The van der Waals surface area contributed by atoms with Crippen LogP contribution in [0.1, 0.15) is 18.4 Å². The fourth-order valence-electron chi connectivity index (χ4n) is 4.01. The minimum absolute atomic E-state index is 0.00751. The predicted molar refractivity (Wildman–Crippen MR) is 132 cm³/mol. The van der Waals surface area contributed by atoms with Crippen LogP contribution >= 0.6 is 0 Å². The first kappa shape index (κ1) is 26.7. The number of nitrogens with one attached hydrogen (secondary N) is 2. The first-order valence-corrected chi connectivity index (χ1v) is 11.9. The van der Waals surface area contributed by atoms with Crippen molar-refractivity contribution in [3.8, 4) is 5.75 Å². The molecule has 1 aromatic heterocycles. The summed E-state index contributed by atoms with van der Waals surface area (Å²) in [6, 6.07) is 10.7. The number of benzene rings is 2. The molecule has 1 aliphatic heterocycles. The average Bonchev–Trinajstić information content (AvgIpc) is 3.55. The maximum Gasteiger partial charge on any atom is 0.416 e. The summed E-state index contributed by atoms with van der Waals surface area (Å²) in [6.45, 7) is 1.07. The minimum atomic E-state index is -4.51. The molecule has 0 spiro atoms. The van der Waals surface area contributed by atoms with E-state index in [1.54, 1.807) is 36.8 Å². The van der Waals surface area contributed by atoms with E-state index in [1.807, 2.05) is 10.8 Å². The van der Waals surface area contributed by atoms with Gasteiger partial charge in [-0.05, 0) is 48.9 Å². The largest absolute Gasteiger partial charge is 0.484 e. The molecule has 12 heteroatoms. The van der Waals surface area contributed by atoms with E-state index < -0.39 is 30.2 Å². The van der Waals surface area contributed by atoms with Crippen LogP contribution in [0.25, 0.3) is 0 Å². The highest BCUT2D eigenvalue weighted by Gasteiger charge is 2.35. The topological polar surface area (TPSA) is 106 Å². The Hall–Kier alpha value is -4.35. The number of ether oxygens (including phenoxy) is 1. The third kappa shape index (κ3) is 7.11. The number of carbonyl (C=O) groups excluding carboxylic acids is 3. The molecule has 2 aromatic carbocycles. The van der Waals surface area contributed by atoms with E-state index in [0.29, 0.717) is 18.0 Å². The summed E-state index contributed by atoms with van der Waals surface area (Å²) in [7, 11) is 0. The fourth-order valence-corrected chi connectivity index (χ4v) is 4.01. The van der Waals surface area contributed by atoms with Gasteiger partial charge in [0.25, 0.3) is 5.91 Å². The smallest absolute Gasteiger partial charge is 0.416 e. The van der Waals surface area contributed by atoms with Crippen molar-refractivity contribution >= 4 is 29.1 Å². The predicted octanol–water partition coefficient (Wildman–Crippen LogP) is 3.48. The Labute approximate surface area is 216 Å². The van der Waals surface area contributed by atoms with Crippen LogP contribution in [0, 0.1) is 5.92 Å². The Morgan fingerprint density at radius 2 is 1.92 bits per heavy atom. The van der Waals surface area contributed by atoms with E-state index >= 15 is 0 Å². The zero-order chi connectivity index (χ0) is 27.1. The van der Waals surface area contributed by atoms with E-state index in [1.165, 1.54) is 17.0 Å². The standard InChI is InChI=1S/C26H26F3N5O4/c27-26(28,29)19-3-1-4-20(14-19)32-23(35)16-38-22-7-5-21(6-8-22)34-15-18(13-24(34)36)25(37)31-9-2-11-33-12-10-30-17-33/h1,3-8,10,12,14,17-18H,2,9,11,13,15-16H2,(H,31,37)(H,32,35)/t18-/m0/s1. The summed E-state index contributed by atoms with van der Waals surface area (Å²) in [5.74, 6) is -1.07. The quantitative estimate of drug-likeness (QED) is 0.392. The molecule has 0 unspecified atom stereocenters. The van der Waals surface area contributed by atoms with Gasteiger partial charge in [0.1, 0.15) is 5.75 Å². The lowest BCUT2D eigenvalue weighted by Crippen LogP contribution is -2.33. The summed E-state index contributed by atoms with van der Waals surface area (Å²) in [6.07, 6.45) is 1.59. The third-order valence-electron chi connectivity index (χ3n) is 5.94. The molecule has 1 aliphatic rings. The summed E-state index contributed by atoms with van der Waals surface area (Å²) >= 11 is 0. The van der Waals surface area contributed by atoms with Gasteiger partial charge in [-0.1, -0.05) is 6.07 Å². The number of hydrogen-bond donors (Lipinski definition) is 2. The average molecular weight is 530 g/mol. The van der Waals surface area contributed by atoms with Gasteiger partial charge < -0.3 is 24.8 Å². The highest BCUT2D eigenvalue weighted by atomic mass is 19.4. The lowest BCUT2D eigenvalue weighted by Gasteiger charge is -2.17. The van der Waals surface area contributed by atoms with Crippen molar-refractivity contribution in [3.63, 3.8) is 0 Å². The van der Waals surface area contributed by atoms with Crippen LogP contribution < -0.4 is 20.3 Å². The first-order chi connectivity index (χ1) is 18.2. The van der Waals surface area contributed by atoms with Crippen LogP contribution in [0.2, 0.25) is 0 Å². The molecular formula is C26H26F3N5O4. The number of halogens is 3. The number of rotatable bonds is 10. The van der Waals surface area contributed by atoms with E-state index in [-0.39, 0.29) is 30.5 Å². The summed E-state index contributed by atoms with van der Waals surface area (Å²) in [5.41, 5.74) is -0.270. The molecule has 3 aromatic rings. The van der Waals surface area contributed by atoms with Gasteiger partial charge in [-0.3, -0.25) is 14.4 Å². The molecular weight excluding hydrogens is 503 g/mol. The molecule has 0 radical (unpaired) electrons. The van der Waals surface area contributed by atoms with Crippen LogP contribution in [0.4, 0.5) is 24.5 Å². The van der Waals surface area contributed by atoms with Crippen molar-refractivity contribution in [2.75, 3.05) is 29.9 Å². The van der Waals surface area contributed by atoms with Crippen LogP contribution in [0.15, 0.2) is 67.3 Å². The van der Waals surface area contributed by atoms with Crippen LogP contribution in [0.3, 0.4) is 0 Å². The molecule has 0 saturated carbocycles. The Bertz CT molecular complexity index is 1260. The van der Waals surface area contributed by atoms with Crippen molar-refractivity contribution in [1.29, 1.82) is 0 Å². The molecule has 0 bridgehead atoms. The van der Waals surface area contributed by atoms with Crippen molar-refractivity contribution < 1.29 is 32.3 Å². The second kappa shape index (κ2) is 11.8. The normalized spacial score (nSPS) is 15.4. The summed E-state index contributed by atoms with van der Waals surface area (Å²) in [4.78, 5) is 42.6. The van der Waals surface area contributed by atoms with Crippen LogP contribution in [-0.4, -0.2) is 47.0 Å². The lowest BCUT2D eigenvalue weighted by molar-refractivity contribution is -0.137. The molecule has 38 heavy (non-hydrogen) atoms. The zero-order valence-corrected chi connectivity index (χ0v) is 20.3. The molecule has 200 valence electrons. The second-order valence-electron chi connectivity index (χ2n) is 8.76. The Morgan fingerprint density at radius 3 is 2.63 bits per heavy atom. The van der Waals surface area contributed by atoms with E-state index in [9.17, 15) is 27.6 Å². The summed E-state index contributed by atoms with van der Waals surface area (Å²) < 4.78 is 45.8. The number of carbonyl (C=O) groups is 3. The zero-order valence-electron chi connectivity index (χ0n) is 20.3. The molecule has 1 saturated heterocycles. The maximum absolute atomic E-state index is 12.8. The molecule has 4 rings (SSSR count). The Kier molecular flexibility index (Phi) is 8.29. The highest BCUT2D eigenvalue weighted by molar-refractivity contribution is 6.00. The molecule has 3 amide bonds. The van der Waals surface area contributed by atoms with Crippen molar-refractivity contribution in [1.82, 2.24) is 14.9 Å². The van der Waals surface area contributed by atoms with Crippen LogP contribution in [-0.2, 0) is 27.1 Å². The Morgan fingerprint density at radius 1 is 1.13 bits per heavy atom. The van der Waals surface area contributed by atoms with Gasteiger partial charge in [-0.25, -0.2) is 4.98 Å². The lowest BCUT2D eigenvalue weighted by atomic mass is 10.1. The number of nitrogens with zero attached hydrogens (tertiary/aromatic N) is 3. The van der Waals surface area contributed by atoms with Gasteiger partial charge in [-0.15, -0.1) is 0 Å². The third-order valence-corrected chi connectivity index (χ3v) is 5.94. The molecule has 2 N–H and O–H groups in total. The first-order valence-electron chi connectivity index (χ1n) is 11.9. The number of alkyl halides is 3. The van der Waals surface area contributed by atoms with Gasteiger partial charge >= 0.3 is 6.18 Å². The minimum Gasteiger partial charge on any atom is -0.484 e. The molecule has 2 heterocycles. The van der Waals surface area contributed by atoms with E-state index in [0.717, 1.165) is 25.1 Å². The number of imidazole rings is 1. The molecule has 1 fully saturated rings. The molecule has 0 aliphatic carbocycles. The maximum atomic E-state index is 12.8. The molecule has 9 nitrogen and oxygen atoms in total. The van der Waals surface area contributed by atoms with Crippen molar-refractivity contribution in [2.24, 2.45) is 5.92 Å². The number of amides is 3. The number of hydrogen-bond acceptors (Lipinski definition) is 5. The molecule has 1 atom stereocenters. The number of aromatic nitrogens is 2. The number of aryl methyl sites for hydroxylation is 1. The van der Waals surface area contributed by atoms with Crippen molar-refractivity contribution in [2.45, 2.75) is 25.6 Å². The van der Waals surface area contributed by atoms with E-state index in [4.69, 9.17) is 4.74 Å². The van der Waals surface area contributed by atoms with Crippen molar-refractivity contribution in [3.05, 3.63) is 72.8 Å². The number of anilines is 2. The second-order valence-corrected chi connectivity index (χ2v) is 8.76. The SMILES string of the molecule is O=C(COc1ccc(N2C[C@@H](C(=O)NCCCn3ccnc3)CC2=O)cc1)Nc1cccc(C(F)(F)F)c1. The van der Waals surface area contributed by atoms with Gasteiger partial charge in [0.15, 0.2) is 6.61 Å². The van der Waals surface area contributed by atoms with Crippen LogP contribution in [0.5, 0.6) is 5.75 Å². The van der Waals surface area contributed by atoms with Gasteiger partial charge in [0.2, 0.25) is 11.8 Å². The Balaban J connectivity index is 1.22. The highest BCUT2D eigenvalue weighted by Crippen LogP contribution is 2.31. The fraction of sp³-hybridized carbons (Fsp3) is 0.308. The monoisotopic (exact) mass is 529 g/mol. The van der Waals surface area contributed by atoms with Gasteiger partial charge in [-0.2, -0.15) is 13.2 Å². The van der Waals surface area contributed by atoms with Gasteiger partial charge in [0.05, 0.1) is 17.8 Å². The van der Waals surface area contributed by atoms with Gasteiger partial charge in [0, 0.05) is 49.8 Å². The van der Waals surface area contributed by atoms with E-state index in [2.05, 4.69) is 15.6 Å². The summed E-state index contributed by atoms with van der Waals surface area (Å²) in [5, 5.41) is 5.25.